The van der Waals surface area contributed by atoms with Crippen molar-refractivity contribution in [1.29, 1.82) is 0 Å². The van der Waals surface area contributed by atoms with E-state index in [1.54, 1.807) is 4.90 Å². The lowest BCUT2D eigenvalue weighted by molar-refractivity contribution is -0.143. The normalized spacial score (nSPS) is 13.1. The van der Waals surface area contributed by atoms with Crippen LogP contribution in [0.1, 0.15) is 12.8 Å². The van der Waals surface area contributed by atoms with Crippen molar-refractivity contribution in [3.8, 4) is 0 Å². The van der Waals surface area contributed by atoms with Gasteiger partial charge in [0.05, 0.1) is 0 Å². The summed E-state index contributed by atoms with van der Waals surface area (Å²) in [6.07, 6.45) is 1.24. The molecule has 0 aromatic carbocycles. The molecule has 0 aliphatic heterocycles. The highest BCUT2D eigenvalue weighted by atomic mass is 16.4. The predicted octanol–water partition coefficient (Wildman–Crippen LogP) is -1.60. The van der Waals surface area contributed by atoms with E-state index in [9.17, 15) is 4.79 Å². The van der Waals surface area contributed by atoms with Crippen LogP contribution in [0.25, 0.3) is 0 Å². The Bertz CT molecular complexity index is 171. The molecule has 7 N–H and O–H groups in total. The predicted molar refractivity (Wildman–Crippen MR) is 59.4 cm³/mol. The van der Waals surface area contributed by atoms with Crippen LogP contribution in [-0.2, 0) is 4.79 Å². The van der Waals surface area contributed by atoms with Crippen LogP contribution in [-0.4, -0.2) is 54.7 Å². The number of hydrogen-bond donors (Lipinski definition) is 4. The Morgan fingerprint density at radius 3 is 2.00 bits per heavy atom. The minimum atomic E-state index is -0.828. The molecule has 90 valence electrons. The number of nitrogens with zero attached hydrogens (tertiary/aromatic N) is 1. The van der Waals surface area contributed by atoms with Gasteiger partial charge in [0.15, 0.2) is 0 Å². The maximum atomic E-state index is 11.0. The van der Waals surface area contributed by atoms with E-state index in [1.165, 1.54) is 0 Å². The molecule has 0 fully saturated rings. The Hall–Kier alpha value is -0.690. The molecule has 0 heterocycles. The molecular formula is C9H22N4O2. The maximum Gasteiger partial charge on any atom is 0.320 e. The maximum absolute atomic E-state index is 11.0. The van der Waals surface area contributed by atoms with E-state index in [0.29, 0.717) is 45.6 Å². The van der Waals surface area contributed by atoms with Crippen LogP contribution in [0, 0.1) is 0 Å². The second kappa shape index (κ2) is 8.60. The monoisotopic (exact) mass is 218 g/mol. The Balaban J connectivity index is 4.30. The van der Waals surface area contributed by atoms with Gasteiger partial charge in [0, 0.05) is 26.2 Å². The van der Waals surface area contributed by atoms with Gasteiger partial charge in [-0.15, -0.1) is 0 Å². The van der Waals surface area contributed by atoms with Gasteiger partial charge in [-0.2, -0.15) is 0 Å². The first kappa shape index (κ1) is 14.3. The Morgan fingerprint density at radius 2 is 1.67 bits per heavy atom. The van der Waals surface area contributed by atoms with Crippen molar-refractivity contribution in [2.45, 2.75) is 18.9 Å². The molecule has 1 atom stereocenters. The van der Waals surface area contributed by atoms with E-state index < -0.39 is 12.0 Å². The lowest BCUT2D eigenvalue weighted by Crippen LogP contribution is -2.46. The van der Waals surface area contributed by atoms with Crippen LogP contribution >= 0.6 is 0 Å². The standard InChI is InChI=1S/C9H22N4O2/c10-3-1-2-8(9(14)15)13(6-4-11)7-5-12/h8H,1-7,10-12H2,(H,14,15)/t8-/m0/s1. The van der Waals surface area contributed by atoms with E-state index in [1.807, 2.05) is 0 Å². The highest BCUT2D eigenvalue weighted by Gasteiger charge is 2.23. The van der Waals surface area contributed by atoms with E-state index in [2.05, 4.69) is 0 Å². The number of carboxylic acid groups (broad SMARTS) is 1. The molecule has 0 aliphatic carbocycles. The summed E-state index contributed by atoms with van der Waals surface area (Å²) in [5, 5.41) is 9.06. The molecular weight excluding hydrogens is 196 g/mol. The molecule has 15 heavy (non-hydrogen) atoms. The summed E-state index contributed by atoms with van der Waals surface area (Å²) < 4.78 is 0. The first-order chi connectivity index (χ1) is 7.17. The van der Waals surface area contributed by atoms with Crippen molar-refractivity contribution in [3.63, 3.8) is 0 Å². The third-order valence-electron chi connectivity index (χ3n) is 2.24. The van der Waals surface area contributed by atoms with Crippen molar-refractivity contribution < 1.29 is 9.90 Å². The van der Waals surface area contributed by atoms with Gasteiger partial charge in [0.25, 0.3) is 0 Å². The summed E-state index contributed by atoms with van der Waals surface area (Å²) in [6, 6.07) is -0.513. The lowest BCUT2D eigenvalue weighted by Gasteiger charge is -2.27. The first-order valence-electron chi connectivity index (χ1n) is 5.24. The highest BCUT2D eigenvalue weighted by molar-refractivity contribution is 5.73. The van der Waals surface area contributed by atoms with Gasteiger partial charge >= 0.3 is 5.97 Å². The molecule has 0 aromatic heterocycles. The van der Waals surface area contributed by atoms with Crippen LogP contribution in [0.5, 0.6) is 0 Å². The fraction of sp³-hybridized carbons (Fsp3) is 0.889. The van der Waals surface area contributed by atoms with Crippen molar-refractivity contribution >= 4 is 5.97 Å². The third kappa shape index (κ3) is 5.68. The first-order valence-corrected chi connectivity index (χ1v) is 5.24. The summed E-state index contributed by atoms with van der Waals surface area (Å²) in [7, 11) is 0. The van der Waals surface area contributed by atoms with Crippen LogP contribution in [0.4, 0.5) is 0 Å². The number of carbonyl (C=O) groups is 1. The molecule has 0 unspecified atom stereocenters. The van der Waals surface area contributed by atoms with Gasteiger partial charge in [-0.3, -0.25) is 9.69 Å². The second-order valence-corrected chi connectivity index (χ2v) is 3.40. The number of carboxylic acids is 1. The smallest absolute Gasteiger partial charge is 0.320 e. The zero-order valence-electron chi connectivity index (χ0n) is 9.06. The van der Waals surface area contributed by atoms with Gasteiger partial charge < -0.3 is 22.3 Å². The molecule has 0 spiro atoms. The van der Waals surface area contributed by atoms with Crippen LogP contribution in [0.3, 0.4) is 0 Å². The van der Waals surface area contributed by atoms with E-state index >= 15 is 0 Å². The number of aliphatic carboxylic acids is 1. The average Bonchev–Trinajstić information content (AvgIpc) is 2.18. The van der Waals surface area contributed by atoms with Gasteiger partial charge in [-0.05, 0) is 19.4 Å². The highest BCUT2D eigenvalue weighted by Crippen LogP contribution is 2.06. The molecule has 0 radical (unpaired) electrons. The summed E-state index contributed by atoms with van der Waals surface area (Å²) in [5.74, 6) is -0.828. The molecule has 0 aliphatic rings. The summed E-state index contributed by atoms with van der Waals surface area (Å²) in [4.78, 5) is 12.8. The minimum absolute atomic E-state index is 0.437. The van der Waals surface area contributed by atoms with Crippen molar-refractivity contribution in [2.24, 2.45) is 17.2 Å². The summed E-state index contributed by atoms with van der Waals surface area (Å²) in [6.45, 7) is 2.49. The van der Waals surface area contributed by atoms with E-state index in [0.717, 1.165) is 0 Å². The lowest BCUT2D eigenvalue weighted by atomic mass is 10.1. The van der Waals surface area contributed by atoms with Gasteiger partial charge in [-0.25, -0.2) is 0 Å². The topological polar surface area (TPSA) is 119 Å². The number of nitrogens with two attached hydrogens (primary N) is 3. The SMILES string of the molecule is NCCC[C@@H](C(=O)O)N(CCN)CCN. The molecule has 0 aromatic rings. The Morgan fingerprint density at radius 1 is 1.13 bits per heavy atom. The van der Waals surface area contributed by atoms with E-state index in [-0.39, 0.29) is 0 Å². The fourth-order valence-electron chi connectivity index (χ4n) is 1.53. The fourth-order valence-corrected chi connectivity index (χ4v) is 1.53. The van der Waals surface area contributed by atoms with Crippen molar-refractivity contribution in [1.82, 2.24) is 4.90 Å². The molecule has 0 saturated heterocycles. The molecule has 0 saturated carbocycles. The Kier molecular flexibility index (Phi) is 8.21. The van der Waals surface area contributed by atoms with Crippen molar-refractivity contribution in [2.75, 3.05) is 32.7 Å². The Labute approximate surface area is 90.4 Å². The molecule has 0 bridgehead atoms. The zero-order valence-corrected chi connectivity index (χ0v) is 9.06. The van der Waals surface area contributed by atoms with E-state index in [4.69, 9.17) is 22.3 Å². The quantitative estimate of drug-likeness (QED) is 0.370. The van der Waals surface area contributed by atoms with Gasteiger partial charge in [0.1, 0.15) is 6.04 Å². The summed E-state index contributed by atoms with van der Waals surface area (Å²) in [5.41, 5.74) is 16.2. The van der Waals surface area contributed by atoms with Crippen LogP contribution < -0.4 is 17.2 Å². The number of hydrogen-bond acceptors (Lipinski definition) is 5. The molecule has 6 nitrogen and oxygen atoms in total. The zero-order chi connectivity index (χ0) is 11.7. The van der Waals surface area contributed by atoms with Crippen molar-refractivity contribution in [3.05, 3.63) is 0 Å². The average molecular weight is 218 g/mol. The van der Waals surface area contributed by atoms with Gasteiger partial charge in [-0.1, -0.05) is 0 Å². The van der Waals surface area contributed by atoms with Crippen LogP contribution in [0.15, 0.2) is 0 Å². The molecule has 0 amide bonds. The number of rotatable bonds is 9. The minimum Gasteiger partial charge on any atom is -0.480 e. The summed E-state index contributed by atoms with van der Waals surface area (Å²) >= 11 is 0. The van der Waals surface area contributed by atoms with Gasteiger partial charge in [0.2, 0.25) is 0 Å². The second-order valence-electron chi connectivity index (χ2n) is 3.40. The largest absolute Gasteiger partial charge is 0.480 e. The van der Waals surface area contributed by atoms with Crippen LogP contribution in [0.2, 0.25) is 0 Å². The third-order valence-corrected chi connectivity index (χ3v) is 2.24. The molecule has 0 rings (SSSR count). The molecule has 6 heteroatoms.